The van der Waals surface area contributed by atoms with Crippen LogP contribution in [0.15, 0.2) is 12.3 Å². The van der Waals surface area contributed by atoms with Crippen LogP contribution in [-0.4, -0.2) is 26.4 Å². The average molecular weight is 267 g/mol. The molecule has 0 saturated heterocycles. The third-order valence-corrected chi connectivity index (χ3v) is 3.59. The Morgan fingerprint density at radius 1 is 1.58 bits per heavy atom. The zero-order valence-electron chi connectivity index (χ0n) is 12.3. The number of aromatic nitrogens is 2. The summed E-state index contributed by atoms with van der Waals surface area (Å²) in [5.74, 6) is -0.810. The SMILES string of the molecule is CCCC(C)(NCc1ccn(C(C)CC)n1)C(=O)O. The molecule has 108 valence electrons. The molecule has 0 aliphatic heterocycles. The van der Waals surface area contributed by atoms with Crippen LogP contribution in [-0.2, 0) is 11.3 Å². The van der Waals surface area contributed by atoms with E-state index in [4.69, 9.17) is 0 Å². The van der Waals surface area contributed by atoms with Gasteiger partial charge in [-0.15, -0.1) is 0 Å². The summed E-state index contributed by atoms with van der Waals surface area (Å²) < 4.78 is 1.93. The summed E-state index contributed by atoms with van der Waals surface area (Å²) in [5, 5.41) is 16.9. The van der Waals surface area contributed by atoms with Gasteiger partial charge in [0.1, 0.15) is 5.54 Å². The number of carboxylic acid groups (broad SMARTS) is 1. The van der Waals surface area contributed by atoms with Crippen LogP contribution in [0.1, 0.15) is 58.7 Å². The van der Waals surface area contributed by atoms with E-state index in [1.165, 1.54) is 0 Å². The maximum Gasteiger partial charge on any atom is 0.323 e. The summed E-state index contributed by atoms with van der Waals surface area (Å²) in [7, 11) is 0. The van der Waals surface area contributed by atoms with Gasteiger partial charge in [0, 0.05) is 18.8 Å². The minimum atomic E-state index is -0.880. The third-order valence-electron chi connectivity index (χ3n) is 3.59. The number of nitrogens with zero attached hydrogens (tertiary/aromatic N) is 2. The topological polar surface area (TPSA) is 67.2 Å². The first-order valence-electron chi connectivity index (χ1n) is 6.95. The van der Waals surface area contributed by atoms with Crippen molar-refractivity contribution in [1.82, 2.24) is 15.1 Å². The van der Waals surface area contributed by atoms with Gasteiger partial charge in [-0.05, 0) is 32.8 Å². The second-order valence-electron chi connectivity index (χ2n) is 5.29. The van der Waals surface area contributed by atoms with Crippen LogP contribution in [0.5, 0.6) is 0 Å². The maximum absolute atomic E-state index is 11.3. The van der Waals surface area contributed by atoms with Crippen molar-refractivity contribution in [3.63, 3.8) is 0 Å². The van der Waals surface area contributed by atoms with Crippen LogP contribution in [0, 0.1) is 0 Å². The molecule has 0 radical (unpaired) electrons. The highest BCUT2D eigenvalue weighted by atomic mass is 16.4. The molecule has 0 spiro atoms. The van der Waals surface area contributed by atoms with Crippen LogP contribution in [0.3, 0.4) is 0 Å². The first-order valence-corrected chi connectivity index (χ1v) is 6.95. The molecule has 2 atom stereocenters. The first kappa shape index (κ1) is 15.7. The lowest BCUT2D eigenvalue weighted by atomic mass is 9.96. The molecule has 5 heteroatoms. The van der Waals surface area contributed by atoms with Crippen LogP contribution in [0.25, 0.3) is 0 Å². The first-order chi connectivity index (χ1) is 8.92. The quantitative estimate of drug-likeness (QED) is 0.759. The Balaban J connectivity index is 2.64. The van der Waals surface area contributed by atoms with Crippen LogP contribution < -0.4 is 5.32 Å². The molecule has 2 N–H and O–H groups in total. The van der Waals surface area contributed by atoms with E-state index in [0.29, 0.717) is 19.0 Å². The molecule has 0 aliphatic rings. The highest BCUT2D eigenvalue weighted by Crippen LogP contribution is 2.14. The molecule has 0 amide bonds. The lowest BCUT2D eigenvalue weighted by Crippen LogP contribution is -2.49. The normalized spacial score (nSPS) is 16.0. The summed E-state index contributed by atoms with van der Waals surface area (Å²) in [6.07, 6.45) is 4.41. The fraction of sp³-hybridized carbons (Fsp3) is 0.714. The van der Waals surface area contributed by atoms with E-state index in [0.717, 1.165) is 18.5 Å². The van der Waals surface area contributed by atoms with E-state index in [1.54, 1.807) is 6.92 Å². The van der Waals surface area contributed by atoms with Gasteiger partial charge >= 0.3 is 5.97 Å². The van der Waals surface area contributed by atoms with Gasteiger partial charge in [0.05, 0.1) is 5.69 Å². The fourth-order valence-electron chi connectivity index (χ4n) is 1.96. The number of rotatable bonds is 8. The fourth-order valence-corrected chi connectivity index (χ4v) is 1.96. The summed E-state index contributed by atoms with van der Waals surface area (Å²) >= 11 is 0. The van der Waals surface area contributed by atoms with E-state index in [9.17, 15) is 9.90 Å². The van der Waals surface area contributed by atoms with E-state index in [1.807, 2.05) is 23.9 Å². The van der Waals surface area contributed by atoms with Crippen molar-refractivity contribution >= 4 is 5.97 Å². The Bertz CT molecular complexity index is 417. The Labute approximate surface area is 115 Å². The summed E-state index contributed by atoms with van der Waals surface area (Å²) in [6.45, 7) is 8.42. The van der Waals surface area contributed by atoms with Crippen molar-refractivity contribution < 1.29 is 9.90 Å². The number of aliphatic carboxylic acids is 1. The molecule has 0 saturated carbocycles. The average Bonchev–Trinajstić information content (AvgIpc) is 2.84. The van der Waals surface area contributed by atoms with Crippen molar-refractivity contribution in [1.29, 1.82) is 0 Å². The van der Waals surface area contributed by atoms with Crippen LogP contribution >= 0.6 is 0 Å². The van der Waals surface area contributed by atoms with Gasteiger partial charge in [-0.25, -0.2) is 0 Å². The number of carbonyl (C=O) groups is 1. The number of hydrogen-bond donors (Lipinski definition) is 2. The Hall–Kier alpha value is -1.36. The van der Waals surface area contributed by atoms with Crippen molar-refractivity contribution in [3.05, 3.63) is 18.0 Å². The summed E-state index contributed by atoms with van der Waals surface area (Å²) in [5.41, 5.74) is -0.00147. The van der Waals surface area contributed by atoms with E-state index < -0.39 is 11.5 Å². The van der Waals surface area contributed by atoms with E-state index in [-0.39, 0.29) is 0 Å². The van der Waals surface area contributed by atoms with Crippen molar-refractivity contribution in [2.45, 2.75) is 65.1 Å². The monoisotopic (exact) mass is 267 g/mol. The van der Waals surface area contributed by atoms with Gasteiger partial charge in [0.2, 0.25) is 0 Å². The zero-order valence-corrected chi connectivity index (χ0v) is 12.3. The predicted molar refractivity (Wildman–Crippen MR) is 75.0 cm³/mol. The maximum atomic E-state index is 11.3. The molecule has 1 heterocycles. The number of hydrogen-bond acceptors (Lipinski definition) is 3. The van der Waals surface area contributed by atoms with Crippen molar-refractivity contribution in [2.24, 2.45) is 0 Å². The second kappa shape index (κ2) is 6.70. The molecule has 1 aromatic rings. The smallest absolute Gasteiger partial charge is 0.323 e. The molecule has 0 bridgehead atoms. The second-order valence-corrected chi connectivity index (χ2v) is 5.29. The summed E-state index contributed by atoms with van der Waals surface area (Å²) in [4.78, 5) is 11.3. The zero-order chi connectivity index (χ0) is 14.5. The standard InChI is InChI=1S/C14H25N3O2/c1-5-8-14(4,13(18)19)15-10-12-7-9-17(16-12)11(3)6-2/h7,9,11,15H,5-6,8,10H2,1-4H3,(H,18,19). The Morgan fingerprint density at radius 3 is 2.79 bits per heavy atom. The molecule has 19 heavy (non-hydrogen) atoms. The van der Waals surface area contributed by atoms with Crippen molar-refractivity contribution in [2.75, 3.05) is 0 Å². The Kier molecular flexibility index (Phi) is 5.54. The van der Waals surface area contributed by atoms with E-state index >= 15 is 0 Å². The lowest BCUT2D eigenvalue weighted by molar-refractivity contribution is -0.144. The van der Waals surface area contributed by atoms with Gasteiger partial charge in [0.15, 0.2) is 0 Å². The molecule has 0 fully saturated rings. The minimum Gasteiger partial charge on any atom is -0.480 e. The molecular formula is C14H25N3O2. The van der Waals surface area contributed by atoms with Gasteiger partial charge in [-0.1, -0.05) is 20.3 Å². The minimum absolute atomic E-state index is 0.371. The molecule has 0 aromatic carbocycles. The molecule has 5 nitrogen and oxygen atoms in total. The number of carboxylic acids is 1. The lowest BCUT2D eigenvalue weighted by Gasteiger charge is -2.25. The molecule has 1 rings (SSSR count). The number of nitrogens with one attached hydrogen (secondary N) is 1. The van der Waals surface area contributed by atoms with Crippen LogP contribution in [0.4, 0.5) is 0 Å². The molecular weight excluding hydrogens is 242 g/mol. The highest BCUT2D eigenvalue weighted by Gasteiger charge is 2.31. The van der Waals surface area contributed by atoms with Crippen molar-refractivity contribution in [3.8, 4) is 0 Å². The summed E-state index contributed by atoms with van der Waals surface area (Å²) in [6, 6.07) is 2.31. The largest absolute Gasteiger partial charge is 0.480 e. The van der Waals surface area contributed by atoms with Crippen LogP contribution in [0.2, 0.25) is 0 Å². The van der Waals surface area contributed by atoms with Gasteiger partial charge in [-0.2, -0.15) is 5.10 Å². The van der Waals surface area contributed by atoms with Gasteiger partial charge in [-0.3, -0.25) is 14.8 Å². The molecule has 0 aliphatic carbocycles. The Morgan fingerprint density at radius 2 is 2.26 bits per heavy atom. The molecule has 2 unspecified atom stereocenters. The van der Waals surface area contributed by atoms with Gasteiger partial charge < -0.3 is 5.11 Å². The highest BCUT2D eigenvalue weighted by molar-refractivity contribution is 5.78. The molecule has 1 aromatic heterocycles. The third kappa shape index (κ3) is 4.06. The van der Waals surface area contributed by atoms with E-state index in [2.05, 4.69) is 24.3 Å². The predicted octanol–water partition coefficient (Wildman–Crippen LogP) is 2.59. The van der Waals surface area contributed by atoms with Gasteiger partial charge in [0.25, 0.3) is 0 Å².